The summed E-state index contributed by atoms with van der Waals surface area (Å²) in [5, 5.41) is 0.265. The molecular formula is C29H30NO5P. The molecule has 6 nitrogen and oxygen atoms in total. The summed E-state index contributed by atoms with van der Waals surface area (Å²) < 4.78 is 19.9. The first kappa shape index (κ1) is 24.4. The average Bonchev–Trinajstić information content (AvgIpc) is 3.31. The first-order chi connectivity index (χ1) is 17.3. The van der Waals surface area contributed by atoms with Gasteiger partial charge in [0, 0.05) is 0 Å². The van der Waals surface area contributed by atoms with Crippen molar-refractivity contribution < 1.29 is 23.6 Å². The Labute approximate surface area is 211 Å². The Balaban J connectivity index is 1.92. The minimum absolute atomic E-state index is 0.253. The second-order valence-corrected chi connectivity index (χ2v) is 14.7. The number of ether oxygens (including phenoxy) is 2. The first-order valence-electron chi connectivity index (χ1n) is 11.8. The van der Waals surface area contributed by atoms with Gasteiger partial charge in [-0.15, -0.1) is 0 Å². The molecule has 3 aromatic rings. The van der Waals surface area contributed by atoms with Gasteiger partial charge in [-0.05, 0) is 0 Å². The van der Waals surface area contributed by atoms with Crippen LogP contribution in [0.15, 0.2) is 102 Å². The van der Waals surface area contributed by atoms with Gasteiger partial charge < -0.3 is 0 Å². The zero-order valence-electron chi connectivity index (χ0n) is 20.9. The quantitative estimate of drug-likeness (QED) is 0.350. The van der Waals surface area contributed by atoms with Gasteiger partial charge in [0.1, 0.15) is 0 Å². The summed E-state index contributed by atoms with van der Waals surface area (Å²) in [5.74, 6) is -1.16. The second-order valence-electron chi connectivity index (χ2n) is 9.67. The van der Waals surface area contributed by atoms with Gasteiger partial charge in [0.25, 0.3) is 0 Å². The fourth-order valence-electron chi connectivity index (χ4n) is 5.98. The van der Waals surface area contributed by atoms with Crippen LogP contribution in [0, 0.1) is 0 Å². The number of hydrogen-bond donors (Lipinski definition) is 0. The molecule has 1 saturated heterocycles. The number of methoxy groups -OCH3 is 2. The van der Waals surface area contributed by atoms with Crippen molar-refractivity contribution in [3.05, 3.63) is 119 Å². The molecule has 0 radical (unpaired) electrons. The summed E-state index contributed by atoms with van der Waals surface area (Å²) in [6, 6.07) is 29.6. The van der Waals surface area contributed by atoms with Crippen LogP contribution in [0.2, 0.25) is 0 Å². The normalized spacial score (nSPS) is 22.8. The molecule has 36 heavy (non-hydrogen) atoms. The Bertz CT molecular complexity index is 1300. The van der Waals surface area contributed by atoms with Gasteiger partial charge in [0.15, 0.2) is 0 Å². The number of carbonyl (C=O) groups is 2. The van der Waals surface area contributed by atoms with Crippen LogP contribution in [0.4, 0.5) is 0 Å². The van der Waals surface area contributed by atoms with Crippen LogP contribution in [0.1, 0.15) is 22.8 Å². The number of fused-ring (bicyclic) bond motifs is 1. The molecular weight excluding hydrogens is 473 g/mol. The Morgan fingerprint density at radius 2 is 1.28 bits per heavy atom. The predicted molar refractivity (Wildman–Crippen MR) is 140 cm³/mol. The molecule has 0 aromatic heterocycles. The predicted octanol–water partition coefficient (Wildman–Crippen LogP) is 5.26. The van der Waals surface area contributed by atoms with Crippen molar-refractivity contribution in [1.82, 2.24) is 4.67 Å². The number of hydrogen-bond acceptors (Lipinski definition) is 6. The molecule has 0 aliphatic carbocycles. The molecule has 186 valence electrons. The summed E-state index contributed by atoms with van der Waals surface area (Å²) >= 11 is 0. The third kappa shape index (κ3) is 3.29. The zero-order chi connectivity index (χ0) is 25.6. The van der Waals surface area contributed by atoms with Gasteiger partial charge in [-0.25, -0.2) is 0 Å². The van der Waals surface area contributed by atoms with Crippen LogP contribution < -0.4 is 0 Å². The summed E-state index contributed by atoms with van der Waals surface area (Å²) in [4.78, 5) is 27.4. The van der Waals surface area contributed by atoms with E-state index in [1.165, 1.54) is 14.2 Å². The zero-order valence-corrected chi connectivity index (χ0v) is 21.8. The van der Waals surface area contributed by atoms with Crippen LogP contribution >= 0.6 is 6.98 Å². The van der Waals surface area contributed by atoms with Crippen molar-refractivity contribution in [2.24, 2.45) is 0 Å². The van der Waals surface area contributed by atoms with Crippen molar-refractivity contribution in [1.29, 1.82) is 0 Å². The van der Waals surface area contributed by atoms with E-state index in [1.807, 2.05) is 104 Å². The average molecular weight is 504 g/mol. The van der Waals surface area contributed by atoms with Crippen molar-refractivity contribution >= 4 is 18.9 Å². The van der Waals surface area contributed by atoms with Gasteiger partial charge in [-0.2, -0.15) is 0 Å². The number of benzene rings is 3. The van der Waals surface area contributed by atoms with E-state index in [1.54, 1.807) is 0 Å². The van der Waals surface area contributed by atoms with Gasteiger partial charge in [-0.3, -0.25) is 0 Å². The van der Waals surface area contributed by atoms with Crippen LogP contribution in [0.5, 0.6) is 0 Å². The maximum atomic E-state index is 13.7. The van der Waals surface area contributed by atoms with E-state index in [4.69, 9.17) is 14.0 Å². The van der Waals surface area contributed by atoms with Crippen LogP contribution in [0.25, 0.3) is 0 Å². The molecule has 3 aromatic carbocycles. The number of esters is 2. The number of nitrogens with zero attached hydrogens (tertiary/aromatic N) is 1. The van der Waals surface area contributed by atoms with Gasteiger partial charge >= 0.3 is 211 Å². The number of carbonyl (C=O) groups excluding carboxylic acids is 2. The molecule has 2 aliphatic rings. The second kappa shape index (κ2) is 8.67. The summed E-state index contributed by atoms with van der Waals surface area (Å²) in [5.41, 5.74) is 1.85. The van der Waals surface area contributed by atoms with Gasteiger partial charge in [0.2, 0.25) is 0 Å². The van der Waals surface area contributed by atoms with E-state index in [-0.39, 0.29) is 17.0 Å². The van der Waals surface area contributed by atoms with Crippen LogP contribution in [-0.4, -0.2) is 50.7 Å². The number of rotatable bonds is 5. The van der Waals surface area contributed by atoms with E-state index in [2.05, 4.69) is 4.67 Å². The Morgan fingerprint density at radius 3 is 1.75 bits per heavy atom. The molecule has 1 unspecified atom stereocenters. The minimum atomic E-state index is -3.73. The SMILES string of the molecule is COC(=O)C1=C(C(=O)OC)P2(C)(C)OC(c3ccccc3)CN2C1(c1ccccc1)c1ccccc1. The summed E-state index contributed by atoms with van der Waals surface area (Å²) in [7, 11) is 2.68. The third-order valence-corrected chi connectivity index (χ3v) is 11.9. The molecule has 0 N–H and O–H groups in total. The molecule has 2 aliphatic heterocycles. The topological polar surface area (TPSA) is 65.1 Å². The third-order valence-electron chi connectivity index (χ3n) is 7.43. The molecule has 0 spiro atoms. The van der Waals surface area contributed by atoms with Gasteiger partial charge in [-0.1, -0.05) is 0 Å². The summed E-state index contributed by atoms with van der Waals surface area (Å²) in [6.45, 7) is 0.705. The first-order valence-corrected chi connectivity index (χ1v) is 14.8. The molecule has 1 atom stereocenters. The standard InChI is InChI=1S/C29H30NO5P/c1-33-27(31)25-26(28(32)34-2)36(3,4)30(20-24(35-36)21-14-8-5-9-15-21)29(25,22-16-10-6-11-17-22)23-18-12-7-13-19-23/h5-19,24H,20H2,1-4H3. The molecule has 0 saturated carbocycles. The monoisotopic (exact) mass is 503 g/mol. The van der Waals surface area contributed by atoms with Crippen LogP contribution in [-0.2, 0) is 29.1 Å². The van der Waals surface area contributed by atoms with Crippen LogP contribution in [0.3, 0.4) is 0 Å². The van der Waals surface area contributed by atoms with Gasteiger partial charge in [0.05, 0.1) is 0 Å². The fourth-order valence-corrected chi connectivity index (χ4v) is 10.7. The van der Waals surface area contributed by atoms with Crippen molar-refractivity contribution in [2.75, 3.05) is 34.1 Å². The molecule has 1 fully saturated rings. The van der Waals surface area contributed by atoms with Crippen molar-refractivity contribution in [3.8, 4) is 0 Å². The van der Waals surface area contributed by atoms with E-state index < -0.39 is 24.5 Å². The fraction of sp³-hybridized carbons (Fsp3) is 0.241. The molecule has 5 rings (SSSR count). The van der Waals surface area contributed by atoms with E-state index in [0.29, 0.717) is 6.54 Å². The van der Waals surface area contributed by atoms with E-state index in [9.17, 15) is 9.59 Å². The molecule has 0 amide bonds. The Kier molecular flexibility index (Phi) is 5.87. The Morgan fingerprint density at radius 1 is 0.806 bits per heavy atom. The molecule has 2 heterocycles. The maximum absolute atomic E-state index is 13.7. The molecule has 7 heteroatoms. The van der Waals surface area contributed by atoms with E-state index >= 15 is 0 Å². The summed E-state index contributed by atoms with van der Waals surface area (Å²) in [6.07, 6.45) is -0.301. The van der Waals surface area contributed by atoms with Crippen molar-refractivity contribution in [3.63, 3.8) is 0 Å². The Hall–Kier alpha value is -3.31. The van der Waals surface area contributed by atoms with E-state index in [0.717, 1.165) is 16.7 Å². The van der Waals surface area contributed by atoms with Crippen molar-refractivity contribution in [2.45, 2.75) is 11.6 Å². The molecule has 0 bridgehead atoms.